The lowest BCUT2D eigenvalue weighted by atomic mass is 10.1. The van der Waals surface area contributed by atoms with E-state index in [-0.39, 0.29) is 30.5 Å². The van der Waals surface area contributed by atoms with Gasteiger partial charge in [-0.1, -0.05) is 13.8 Å². The highest BCUT2D eigenvalue weighted by Gasteiger charge is 2.36. The molecule has 0 aromatic carbocycles. The Morgan fingerprint density at radius 1 is 1.38 bits per heavy atom. The Labute approximate surface area is 125 Å². The second-order valence-corrected chi connectivity index (χ2v) is 8.17. The SMILES string of the molecule is CC(C)CCN(C)C(=O)N1CCS(=O)(=O)CC1CC(=O)O. The number of carboxylic acids is 1. The number of aliphatic carboxylic acids is 1. The lowest BCUT2D eigenvalue weighted by molar-refractivity contribution is -0.138. The maximum Gasteiger partial charge on any atom is 0.320 e. The van der Waals surface area contributed by atoms with Crippen molar-refractivity contribution in [3.05, 3.63) is 0 Å². The number of carbonyl (C=O) groups excluding carboxylic acids is 1. The van der Waals surface area contributed by atoms with Gasteiger partial charge in [0.1, 0.15) is 0 Å². The summed E-state index contributed by atoms with van der Waals surface area (Å²) in [5.74, 6) is -1.02. The smallest absolute Gasteiger partial charge is 0.320 e. The summed E-state index contributed by atoms with van der Waals surface area (Å²) < 4.78 is 23.3. The van der Waals surface area contributed by atoms with Gasteiger partial charge in [-0.15, -0.1) is 0 Å². The van der Waals surface area contributed by atoms with E-state index in [4.69, 9.17) is 5.11 Å². The van der Waals surface area contributed by atoms with Crippen molar-refractivity contribution in [2.75, 3.05) is 31.6 Å². The van der Waals surface area contributed by atoms with Gasteiger partial charge in [0.15, 0.2) is 9.84 Å². The van der Waals surface area contributed by atoms with Crippen molar-refractivity contribution >= 4 is 21.8 Å². The van der Waals surface area contributed by atoms with Crippen LogP contribution in [0.2, 0.25) is 0 Å². The third-order valence-corrected chi connectivity index (χ3v) is 5.25. The molecule has 21 heavy (non-hydrogen) atoms. The van der Waals surface area contributed by atoms with Crippen molar-refractivity contribution in [1.29, 1.82) is 0 Å². The molecule has 1 aliphatic rings. The van der Waals surface area contributed by atoms with E-state index in [0.717, 1.165) is 6.42 Å². The maximum absolute atomic E-state index is 12.4. The Bertz CT molecular complexity index is 489. The van der Waals surface area contributed by atoms with Gasteiger partial charge in [-0.25, -0.2) is 13.2 Å². The molecule has 0 aromatic heterocycles. The van der Waals surface area contributed by atoms with Crippen LogP contribution in [0.15, 0.2) is 0 Å². The first-order valence-corrected chi connectivity index (χ1v) is 8.88. The van der Waals surface area contributed by atoms with Crippen LogP contribution in [0.4, 0.5) is 4.79 Å². The van der Waals surface area contributed by atoms with Gasteiger partial charge < -0.3 is 14.9 Å². The van der Waals surface area contributed by atoms with Crippen molar-refractivity contribution in [3.63, 3.8) is 0 Å². The first-order valence-electron chi connectivity index (χ1n) is 7.06. The first-order chi connectivity index (χ1) is 9.62. The third-order valence-electron chi connectivity index (χ3n) is 3.55. The largest absolute Gasteiger partial charge is 0.481 e. The van der Waals surface area contributed by atoms with Crippen molar-refractivity contribution in [3.8, 4) is 0 Å². The zero-order valence-corrected chi connectivity index (χ0v) is 13.6. The second kappa shape index (κ2) is 7.11. The number of carboxylic acid groups (broad SMARTS) is 1. The zero-order chi connectivity index (χ0) is 16.2. The highest BCUT2D eigenvalue weighted by molar-refractivity contribution is 7.91. The highest BCUT2D eigenvalue weighted by atomic mass is 32.2. The van der Waals surface area contributed by atoms with Crippen LogP contribution in [0.1, 0.15) is 26.7 Å². The van der Waals surface area contributed by atoms with Crippen LogP contribution in [0, 0.1) is 5.92 Å². The van der Waals surface area contributed by atoms with E-state index in [9.17, 15) is 18.0 Å². The molecule has 0 radical (unpaired) electrons. The molecule has 1 aliphatic heterocycles. The van der Waals surface area contributed by atoms with Crippen molar-refractivity contribution < 1.29 is 23.1 Å². The van der Waals surface area contributed by atoms with Gasteiger partial charge in [-0.05, 0) is 12.3 Å². The minimum Gasteiger partial charge on any atom is -0.481 e. The van der Waals surface area contributed by atoms with Crippen LogP contribution in [0.3, 0.4) is 0 Å². The van der Waals surface area contributed by atoms with Gasteiger partial charge in [0.05, 0.1) is 24.0 Å². The molecule has 122 valence electrons. The standard InChI is InChI=1S/C13H24N2O5S/c1-10(2)4-5-14(3)13(18)15-6-7-21(19,20)9-11(15)8-12(16)17/h10-11H,4-9H2,1-3H3,(H,16,17). The second-order valence-electron chi connectivity index (χ2n) is 5.95. The lowest BCUT2D eigenvalue weighted by Gasteiger charge is -2.37. The number of rotatable bonds is 5. The molecule has 1 rings (SSSR count). The zero-order valence-electron chi connectivity index (χ0n) is 12.8. The molecule has 1 N–H and O–H groups in total. The molecular weight excluding hydrogens is 296 g/mol. The molecule has 1 unspecified atom stereocenters. The van der Waals surface area contributed by atoms with Crippen molar-refractivity contribution in [1.82, 2.24) is 9.80 Å². The van der Waals surface area contributed by atoms with E-state index in [2.05, 4.69) is 13.8 Å². The van der Waals surface area contributed by atoms with Crippen LogP contribution in [-0.2, 0) is 14.6 Å². The van der Waals surface area contributed by atoms with Crippen molar-refractivity contribution in [2.24, 2.45) is 5.92 Å². The number of carbonyl (C=O) groups is 2. The van der Waals surface area contributed by atoms with Crippen LogP contribution < -0.4 is 0 Å². The molecule has 0 aliphatic carbocycles. The van der Waals surface area contributed by atoms with Crippen LogP contribution in [0.5, 0.6) is 0 Å². The predicted octanol–water partition coefficient (Wildman–Crippen LogP) is 0.658. The first kappa shape index (κ1) is 17.7. The van der Waals surface area contributed by atoms with Crippen molar-refractivity contribution in [2.45, 2.75) is 32.7 Å². The van der Waals surface area contributed by atoms with Gasteiger partial charge >= 0.3 is 12.0 Å². The Morgan fingerprint density at radius 3 is 2.52 bits per heavy atom. The number of hydrogen-bond acceptors (Lipinski definition) is 4. The molecular formula is C13H24N2O5S. The normalized spacial score (nSPS) is 21.3. The maximum atomic E-state index is 12.4. The summed E-state index contributed by atoms with van der Waals surface area (Å²) in [6.07, 6.45) is 0.501. The number of urea groups is 1. The molecule has 0 saturated carbocycles. The summed E-state index contributed by atoms with van der Waals surface area (Å²) in [6, 6.07) is -1.08. The van der Waals surface area contributed by atoms with Gasteiger partial charge in [0.2, 0.25) is 0 Å². The molecule has 0 aromatic rings. The van der Waals surface area contributed by atoms with Crippen LogP contribution >= 0.6 is 0 Å². The Kier molecular flexibility index (Phi) is 6.00. The molecule has 1 saturated heterocycles. The number of sulfone groups is 1. The topological polar surface area (TPSA) is 95.0 Å². The van der Waals surface area contributed by atoms with E-state index in [0.29, 0.717) is 12.5 Å². The molecule has 7 nitrogen and oxygen atoms in total. The van der Waals surface area contributed by atoms with E-state index < -0.39 is 21.8 Å². The fourth-order valence-electron chi connectivity index (χ4n) is 2.28. The number of nitrogens with zero attached hydrogens (tertiary/aromatic N) is 2. The van der Waals surface area contributed by atoms with Crippen LogP contribution in [0.25, 0.3) is 0 Å². The average Bonchev–Trinajstić information content (AvgIpc) is 2.33. The lowest BCUT2D eigenvalue weighted by Crippen LogP contribution is -2.55. The molecule has 1 fully saturated rings. The average molecular weight is 320 g/mol. The summed E-state index contributed by atoms with van der Waals surface area (Å²) in [5, 5.41) is 8.90. The van der Waals surface area contributed by atoms with E-state index in [1.807, 2.05) is 0 Å². The summed E-state index contributed by atoms with van der Waals surface area (Å²) >= 11 is 0. The van der Waals surface area contributed by atoms with E-state index >= 15 is 0 Å². The van der Waals surface area contributed by atoms with Gasteiger partial charge in [-0.2, -0.15) is 0 Å². The molecule has 0 spiro atoms. The summed E-state index contributed by atoms with van der Waals surface area (Å²) in [4.78, 5) is 26.2. The molecule has 1 atom stereocenters. The van der Waals surface area contributed by atoms with E-state index in [1.165, 1.54) is 9.80 Å². The Hall–Kier alpha value is -1.31. The minimum atomic E-state index is -3.27. The highest BCUT2D eigenvalue weighted by Crippen LogP contribution is 2.17. The number of amides is 2. The summed E-state index contributed by atoms with van der Waals surface area (Å²) in [6.45, 7) is 4.74. The Balaban J connectivity index is 2.77. The quantitative estimate of drug-likeness (QED) is 0.803. The van der Waals surface area contributed by atoms with E-state index in [1.54, 1.807) is 7.05 Å². The molecule has 8 heteroatoms. The van der Waals surface area contributed by atoms with Gasteiger partial charge in [-0.3, -0.25) is 4.79 Å². The third kappa shape index (κ3) is 5.53. The fraction of sp³-hybridized carbons (Fsp3) is 0.846. The molecule has 0 bridgehead atoms. The van der Waals surface area contributed by atoms with Gasteiger partial charge in [0, 0.05) is 20.1 Å². The fourth-order valence-corrected chi connectivity index (χ4v) is 3.80. The monoisotopic (exact) mass is 320 g/mol. The molecule has 1 heterocycles. The molecule has 2 amide bonds. The summed E-state index contributed by atoms with van der Waals surface area (Å²) in [5.41, 5.74) is 0. The summed E-state index contributed by atoms with van der Waals surface area (Å²) in [7, 11) is -1.61. The minimum absolute atomic E-state index is 0.0606. The van der Waals surface area contributed by atoms with Gasteiger partial charge in [0.25, 0.3) is 0 Å². The predicted molar refractivity (Wildman–Crippen MR) is 78.9 cm³/mol. The number of hydrogen-bond donors (Lipinski definition) is 1. The van der Waals surface area contributed by atoms with Crippen LogP contribution in [-0.4, -0.2) is 73.0 Å². The Morgan fingerprint density at radius 2 is 2.00 bits per heavy atom.